The van der Waals surface area contributed by atoms with Crippen molar-refractivity contribution < 1.29 is 55.5 Å². The van der Waals surface area contributed by atoms with Gasteiger partial charge in [-0.1, -0.05) is 0 Å². The Bertz CT molecular complexity index is 341. The molecule has 0 aromatic carbocycles. The summed E-state index contributed by atoms with van der Waals surface area (Å²) in [5.41, 5.74) is 0. The van der Waals surface area contributed by atoms with Crippen molar-refractivity contribution in [2.45, 2.75) is 20.3 Å². The first-order chi connectivity index (χ1) is 7.54. The summed E-state index contributed by atoms with van der Waals surface area (Å²) in [7, 11) is 0. The van der Waals surface area contributed by atoms with Gasteiger partial charge >= 0.3 is 93.5 Å². The summed E-state index contributed by atoms with van der Waals surface area (Å²) >= 11 is -14.3. The summed E-state index contributed by atoms with van der Waals surface area (Å²) in [6, 6.07) is 0. The predicted octanol–water partition coefficient (Wildman–Crippen LogP) is 4.68. The number of halogens is 14. The molecule has 0 saturated heterocycles. The third-order valence-corrected chi connectivity index (χ3v) is 8.90. The van der Waals surface area contributed by atoms with Gasteiger partial charge in [-0.15, -0.1) is 0 Å². The molecule has 0 aliphatic heterocycles. The number of rotatable bonds is 2. The Morgan fingerprint density at radius 2 is 0.579 bits per heavy atom. The third kappa shape index (κ3) is 1.95. The summed E-state index contributed by atoms with van der Waals surface area (Å²) in [6.07, 6.45) is -16.0. The molecule has 15 heteroatoms. The van der Waals surface area contributed by atoms with Gasteiger partial charge in [-0.05, 0) is 0 Å². The van der Waals surface area contributed by atoms with Gasteiger partial charge in [0.25, 0.3) is 0 Å². The molecule has 19 heavy (non-hydrogen) atoms. The molecule has 120 valence electrons. The molecule has 0 bridgehead atoms. The molecule has 0 rings (SSSR count). The van der Waals surface area contributed by atoms with Gasteiger partial charge in [-0.25, -0.2) is 0 Å². The average molecular weight is 442 g/mol. The van der Waals surface area contributed by atoms with Crippen LogP contribution in [0.2, 0.25) is 0 Å². The van der Waals surface area contributed by atoms with Crippen molar-refractivity contribution in [2.24, 2.45) is 0 Å². The van der Waals surface area contributed by atoms with Gasteiger partial charge in [0.1, 0.15) is 0 Å². The summed E-state index contributed by atoms with van der Waals surface area (Å²) in [5.74, 6) is 0. The van der Waals surface area contributed by atoms with Gasteiger partial charge in [0.05, 0.1) is 0 Å². The predicted molar refractivity (Wildman–Crippen MR) is 32.2 cm³/mol. The number of hydrogen-bond acceptors (Lipinski definition) is 0. The molecule has 0 unspecified atom stereocenters. The van der Waals surface area contributed by atoms with Crippen LogP contribution in [0.5, 0.6) is 0 Å². The second-order valence-corrected chi connectivity index (χ2v) is 12.1. The maximum absolute atomic E-state index is 14.3. The van der Waals surface area contributed by atoms with Crippen molar-refractivity contribution in [3.63, 3.8) is 0 Å². The molecule has 0 radical (unpaired) electrons. The van der Waals surface area contributed by atoms with Crippen LogP contribution in [0.15, 0.2) is 0 Å². The molecule has 0 spiro atoms. The van der Waals surface area contributed by atoms with Crippen LogP contribution in [0.4, 0.5) is 55.5 Å². The van der Waals surface area contributed by atoms with Gasteiger partial charge in [-0.2, -0.15) is 0 Å². The fourth-order valence-electron chi connectivity index (χ4n) is 0.627. The third-order valence-electron chi connectivity index (χ3n) is 1.69. The van der Waals surface area contributed by atoms with E-state index >= 15 is 0 Å². The molecule has 0 heterocycles. The van der Waals surface area contributed by atoms with Crippen LogP contribution in [0.25, 0.3) is 0 Å². The normalized spacial score (nSPS) is 19.9. The first-order valence-electron chi connectivity index (χ1n) is 3.42. The Labute approximate surface area is 94.1 Å². The molecule has 0 aliphatic rings. The van der Waals surface area contributed by atoms with E-state index in [0.717, 1.165) is 0 Å². The molecule has 0 N–H and O–H groups in total. The van der Waals surface area contributed by atoms with Gasteiger partial charge in [-0.3, -0.25) is 0 Å². The molecule has 0 aromatic rings. The van der Waals surface area contributed by atoms with E-state index in [1.54, 1.807) is 0 Å². The van der Waals surface area contributed by atoms with Gasteiger partial charge < -0.3 is 0 Å². The van der Waals surface area contributed by atoms with Crippen LogP contribution in [-0.4, -0.2) is 38.0 Å². The van der Waals surface area contributed by atoms with Crippen LogP contribution in [-0.2, 0) is 0 Å². The fourth-order valence-corrected chi connectivity index (χ4v) is 4.20. The van der Waals surface area contributed by atoms with E-state index in [4.69, 9.17) is 0 Å². The second kappa shape index (κ2) is 3.34. The Kier molecular flexibility index (Phi) is 3.31. The van der Waals surface area contributed by atoms with Crippen molar-refractivity contribution in [3.8, 4) is 0 Å². The SMILES string of the molecule is FC(F)(F)C(F)(F)[Te](F)(F)(F)(F)C(F)(F)C(F)(F)F. The summed E-state index contributed by atoms with van der Waals surface area (Å²) in [5, 5.41) is 0. The maximum atomic E-state index is 12.3. The van der Waals surface area contributed by atoms with Crippen LogP contribution in [0.3, 0.4) is 0 Å². The average Bonchev–Trinajstić information content (AvgIpc) is 1.96. The molecular formula is C4F14Te. The molecule has 0 aliphatic carbocycles. The van der Waals surface area contributed by atoms with Crippen LogP contribution in [0.1, 0.15) is 0 Å². The number of alkyl halides is 10. The van der Waals surface area contributed by atoms with E-state index in [9.17, 15) is 55.5 Å². The van der Waals surface area contributed by atoms with Crippen molar-refractivity contribution in [3.05, 3.63) is 0 Å². The Hall–Kier alpha value is -0.190. The van der Waals surface area contributed by atoms with Crippen LogP contribution in [0, 0.1) is 0 Å². The van der Waals surface area contributed by atoms with Crippen LogP contribution < -0.4 is 0 Å². The molecule has 0 amide bonds. The standard InChI is InChI=1S/C4F14Te/c5-1(6,7)3(11,12)19(15,16,17,18)4(13,14)2(8,9)10. The Morgan fingerprint density at radius 3 is 0.684 bits per heavy atom. The fraction of sp³-hybridized carbons (Fsp3) is 1.00. The van der Waals surface area contributed by atoms with Gasteiger partial charge in [0.2, 0.25) is 0 Å². The van der Waals surface area contributed by atoms with Crippen molar-refractivity contribution in [2.75, 3.05) is 0 Å². The van der Waals surface area contributed by atoms with Crippen molar-refractivity contribution in [1.82, 2.24) is 0 Å². The van der Waals surface area contributed by atoms with E-state index in [-0.39, 0.29) is 0 Å². The zero-order valence-corrected chi connectivity index (χ0v) is 10.0. The molecule has 0 aromatic heterocycles. The first-order valence-corrected chi connectivity index (χ1v) is 9.27. The first kappa shape index (κ1) is 18.8. The Balaban J connectivity index is 6.64. The van der Waals surface area contributed by atoms with E-state index in [2.05, 4.69) is 0 Å². The van der Waals surface area contributed by atoms with Gasteiger partial charge in [0, 0.05) is 0 Å². The summed E-state index contributed by atoms with van der Waals surface area (Å²) in [4.78, 5) is 0. The summed E-state index contributed by atoms with van der Waals surface area (Å²) in [6.45, 7) is 0. The molecule has 0 saturated carbocycles. The van der Waals surface area contributed by atoms with Crippen LogP contribution >= 0.6 is 0 Å². The number of hydrogen-bond donors (Lipinski definition) is 0. The zero-order chi connectivity index (χ0) is 16.4. The summed E-state index contributed by atoms with van der Waals surface area (Å²) < 4.78 is 148. The monoisotopic (exact) mass is 444 g/mol. The van der Waals surface area contributed by atoms with Crippen molar-refractivity contribution in [1.29, 1.82) is 0 Å². The molecule has 0 fully saturated rings. The van der Waals surface area contributed by atoms with E-state index < -0.39 is 38.0 Å². The van der Waals surface area contributed by atoms with E-state index in [1.165, 1.54) is 0 Å². The minimum absolute atomic E-state index is 8.00. The van der Waals surface area contributed by atoms with Crippen molar-refractivity contribution >= 4 is 17.7 Å². The zero-order valence-electron chi connectivity index (χ0n) is 7.70. The molecule has 0 atom stereocenters. The quantitative estimate of drug-likeness (QED) is 0.431. The van der Waals surface area contributed by atoms with E-state index in [0.29, 0.717) is 0 Å². The topological polar surface area (TPSA) is 0 Å². The second-order valence-electron chi connectivity index (χ2n) is 3.10. The van der Waals surface area contributed by atoms with Gasteiger partial charge in [0.15, 0.2) is 0 Å². The minimum atomic E-state index is -14.3. The molecule has 0 nitrogen and oxygen atoms in total. The van der Waals surface area contributed by atoms with E-state index in [1.807, 2.05) is 0 Å². The Morgan fingerprint density at radius 1 is 0.421 bits per heavy atom. The molecular weight excluding hydrogens is 442 g/mol.